The first kappa shape index (κ1) is 21.5. The van der Waals surface area contributed by atoms with Gasteiger partial charge in [0.25, 0.3) is 5.91 Å². The average molecular weight is 457 g/mol. The molecule has 3 rings (SSSR count). The van der Waals surface area contributed by atoms with Crippen molar-refractivity contribution < 1.29 is 18.0 Å². The highest BCUT2D eigenvalue weighted by molar-refractivity contribution is 6.33. The number of halogens is 5. The summed E-state index contributed by atoms with van der Waals surface area (Å²) in [6.07, 6.45) is -3.44. The Hall–Kier alpha value is -3.24. The molecule has 2 aromatic carbocycles. The molecule has 0 saturated carbocycles. The van der Waals surface area contributed by atoms with Crippen molar-refractivity contribution in [3.63, 3.8) is 0 Å². The Morgan fingerprint density at radius 3 is 2.33 bits per heavy atom. The number of carbonyl (C=O) groups excluding carboxylic acids is 1. The SMILES string of the molecule is Nc1c(NNC(=O)c2ccc(Cl)cc2)ncnc1Nc1cc(C(F)(F)F)ccc1Cl. The first-order chi connectivity index (χ1) is 14.1. The van der Waals surface area contributed by atoms with Crippen LogP contribution in [0.15, 0.2) is 48.8 Å². The summed E-state index contributed by atoms with van der Waals surface area (Å²) in [5.41, 5.74) is 10.2. The van der Waals surface area contributed by atoms with Crippen LogP contribution in [0.25, 0.3) is 0 Å². The van der Waals surface area contributed by atoms with Gasteiger partial charge in [0.05, 0.1) is 16.3 Å². The van der Waals surface area contributed by atoms with Gasteiger partial charge in [-0.25, -0.2) is 9.97 Å². The van der Waals surface area contributed by atoms with E-state index in [1.807, 2.05) is 0 Å². The number of anilines is 4. The molecule has 0 spiro atoms. The van der Waals surface area contributed by atoms with Crippen LogP contribution in [0, 0.1) is 0 Å². The Morgan fingerprint density at radius 2 is 1.67 bits per heavy atom. The second-order valence-corrected chi connectivity index (χ2v) is 6.73. The summed E-state index contributed by atoms with van der Waals surface area (Å²) in [4.78, 5) is 20.0. The fraction of sp³-hybridized carbons (Fsp3) is 0.0556. The number of nitrogens with zero attached hydrogens (tertiary/aromatic N) is 2. The van der Waals surface area contributed by atoms with Gasteiger partial charge in [-0.3, -0.25) is 15.6 Å². The molecule has 0 bridgehead atoms. The van der Waals surface area contributed by atoms with Gasteiger partial charge in [-0.05, 0) is 42.5 Å². The van der Waals surface area contributed by atoms with E-state index in [0.717, 1.165) is 24.5 Å². The van der Waals surface area contributed by atoms with E-state index in [4.69, 9.17) is 28.9 Å². The van der Waals surface area contributed by atoms with Crippen molar-refractivity contribution in [2.75, 3.05) is 16.5 Å². The Morgan fingerprint density at radius 1 is 1.00 bits per heavy atom. The quantitative estimate of drug-likeness (QED) is 0.407. The Kier molecular flexibility index (Phi) is 6.18. The molecule has 12 heteroatoms. The molecule has 3 aromatic rings. The maximum Gasteiger partial charge on any atom is 0.416 e. The minimum absolute atomic E-state index is 0.00512. The number of carbonyl (C=O) groups is 1. The van der Waals surface area contributed by atoms with E-state index in [1.54, 1.807) is 12.1 Å². The van der Waals surface area contributed by atoms with Crippen LogP contribution in [-0.4, -0.2) is 15.9 Å². The summed E-state index contributed by atoms with van der Waals surface area (Å²) in [6, 6.07) is 8.94. The number of hydrogen-bond acceptors (Lipinski definition) is 6. The van der Waals surface area contributed by atoms with Crippen molar-refractivity contribution in [3.8, 4) is 0 Å². The van der Waals surface area contributed by atoms with Gasteiger partial charge in [-0.2, -0.15) is 13.2 Å². The second kappa shape index (κ2) is 8.64. The molecule has 156 valence electrons. The Labute approximate surface area is 178 Å². The van der Waals surface area contributed by atoms with E-state index in [2.05, 4.69) is 26.1 Å². The van der Waals surface area contributed by atoms with E-state index >= 15 is 0 Å². The van der Waals surface area contributed by atoms with Crippen LogP contribution >= 0.6 is 23.2 Å². The molecule has 0 aliphatic heterocycles. The van der Waals surface area contributed by atoms with Crippen LogP contribution in [0.2, 0.25) is 10.0 Å². The molecular formula is C18H13Cl2F3N6O. The fourth-order valence-corrected chi connectivity index (χ4v) is 2.60. The molecule has 0 fully saturated rings. The number of hydrazine groups is 1. The zero-order valence-electron chi connectivity index (χ0n) is 14.9. The van der Waals surface area contributed by atoms with Gasteiger partial charge < -0.3 is 11.1 Å². The van der Waals surface area contributed by atoms with Gasteiger partial charge in [0.15, 0.2) is 11.6 Å². The summed E-state index contributed by atoms with van der Waals surface area (Å²) in [6.45, 7) is 0. The maximum atomic E-state index is 12.9. The van der Waals surface area contributed by atoms with Crippen LogP contribution in [-0.2, 0) is 6.18 Å². The number of hydrogen-bond donors (Lipinski definition) is 4. The number of nitrogens with two attached hydrogens (primary N) is 1. The Bertz CT molecular complexity index is 1080. The number of benzene rings is 2. The summed E-state index contributed by atoms with van der Waals surface area (Å²) in [5, 5.41) is 3.15. The number of nitrogen functional groups attached to an aromatic ring is 1. The third kappa shape index (κ3) is 5.02. The number of aromatic nitrogens is 2. The van der Waals surface area contributed by atoms with Crippen LogP contribution in [0.3, 0.4) is 0 Å². The normalized spacial score (nSPS) is 11.1. The van der Waals surface area contributed by atoms with Gasteiger partial charge in [-0.15, -0.1) is 0 Å². The van der Waals surface area contributed by atoms with Crippen LogP contribution in [0.4, 0.5) is 36.2 Å². The van der Waals surface area contributed by atoms with Crippen LogP contribution in [0.1, 0.15) is 15.9 Å². The highest BCUT2D eigenvalue weighted by atomic mass is 35.5. The topological polar surface area (TPSA) is 105 Å². The Balaban J connectivity index is 1.77. The number of amides is 1. The van der Waals surface area contributed by atoms with Crippen LogP contribution in [0.5, 0.6) is 0 Å². The molecule has 1 heterocycles. The summed E-state index contributed by atoms with van der Waals surface area (Å²) >= 11 is 11.8. The lowest BCUT2D eigenvalue weighted by Crippen LogP contribution is -2.30. The number of alkyl halides is 3. The highest BCUT2D eigenvalue weighted by Gasteiger charge is 2.31. The van der Waals surface area contributed by atoms with E-state index in [9.17, 15) is 18.0 Å². The predicted molar refractivity (Wildman–Crippen MR) is 109 cm³/mol. The van der Waals surface area contributed by atoms with Crippen LogP contribution < -0.4 is 21.9 Å². The smallest absolute Gasteiger partial charge is 0.393 e. The standard InChI is InChI=1S/C18H13Cl2F3N6O/c19-11-4-1-9(2-5-11)17(30)29-28-16-14(24)15(25-8-26-16)27-13-7-10(18(21,22)23)3-6-12(13)20/h1-8H,24H2,(H,29,30)(H2,25,26,27,28). The minimum Gasteiger partial charge on any atom is -0.393 e. The third-order valence-corrected chi connectivity index (χ3v) is 4.41. The molecule has 7 nitrogen and oxygen atoms in total. The van der Waals surface area contributed by atoms with Gasteiger partial charge in [0.2, 0.25) is 0 Å². The summed E-state index contributed by atoms with van der Waals surface area (Å²) in [5.74, 6) is -0.465. The average Bonchev–Trinajstić information content (AvgIpc) is 2.69. The fourth-order valence-electron chi connectivity index (χ4n) is 2.31. The van der Waals surface area contributed by atoms with Crippen molar-refractivity contribution >= 4 is 52.1 Å². The first-order valence-electron chi connectivity index (χ1n) is 8.21. The molecule has 30 heavy (non-hydrogen) atoms. The molecule has 5 N–H and O–H groups in total. The van der Waals surface area contributed by atoms with Gasteiger partial charge in [-0.1, -0.05) is 23.2 Å². The first-order valence-corrected chi connectivity index (χ1v) is 8.97. The van der Waals surface area contributed by atoms with Crippen molar-refractivity contribution in [1.29, 1.82) is 0 Å². The lowest BCUT2D eigenvalue weighted by atomic mass is 10.2. The van der Waals surface area contributed by atoms with E-state index < -0.39 is 17.6 Å². The third-order valence-electron chi connectivity index (χ3n) is 3.83. The lowest BCUT2D eigenvalue weighted by Gasteiger charge is -2.15. The van der Waals surface area contributed by atoms with Crippen molar-refractivity contribution in [2.24, 2.45) is 0 Å². The molecule has 0 unspecified atom stereocenters. The van der Waals surface area contributed by atoms with Gasteiger partial charge in [0, 0.05) is 10.6 Å². The monoisotopic (exact) mass is 456 g/mol. The van der Waals surface area contributed by atoms with Crippen molar-refractivity contribution in [2.45, 2.75) is 6.18 Å². The molecule has 0 radical (unpaired) electrons. The van der Waals surface area contributed by atoms with E-state index in [1.165, 1.54) is 12.1 Å². The second-order valence-electron chi connectivity index (χ2n) is 5.89. The number of rotatable bonds is 5. The highest BCUT2D eigenvalue weighted by Crippen LogP contribution is 2.36. The molecule has 1 amide bonds. The predicted octanol–water partition coefficient (Wildman–Crippen LogP) is 4.88. The lowest BCUT2D eigenvalue weighted by molar-refractivity contribution is -0.137. The van der Waals surface area contributed by atoms with Crippen molar-refractivity contribution in [3.05, 3.63) is 70.0 Å². The molecule has 0 atom stereocenters. The van der Waals surface area contributed by atoms with Gasteiger partial charge >= 0.3 is 6.18 Å². The largest absolute Gasteiger partial charge is 0.416 e. The molecule has 1 aromatic heterocycles. The molecular weight excluding hydrogens is 444 g/mol. The zero-order valence-corrected chi connectivity index (χ0v) is 16.4. The molecule has 0 aliphatic rings. The summed E-state index contributed by atoms with van der Waals surface area (Å²) in [7, 11) is 0. The van der Waals surface area contributed by atoms with Crippen molar-refractivity contribution in [1.82, 2.24) is 15.4 Å². The minimum atomic E-state index is -4.54. The van der Waals surface area contributed by atoms with E-state index in [0.29, 0.717) is 10.6 Å². The zero-order chi connectivity index (χ0) is 21.9. The maximum absolute atomic E-state index is 12.9. The number of nitrogens with one attached hydrogen (secondary N) is 3. The molecule has 0 aliphatic carbocycles. The molecule has 0 saturated heterocycles. The van der Waals surface area contributed by atoms with Gasteiger partial charge in [0.1, 0.15) is 12.0 Å². The van der Waals surface area contributed by atoms with E-state index in [-0.39, 0.29) is 28.0 Å². The summed E-state index contributed by atoms with van der Waals surface area (Å²) < 4.78 is 38.8.